The quantitative estimate of drug-likeness (QED) is 0.748. The van der Waals surface area contributed by atoms with E-state index >= 15 is 0 Å². The van der Waals surface area contributed by atoms with Crippen molar-refractivity contribution in [2.75, 3.05) is 0 Å². The van der Waals surface area contributed by atoms with E-state index in [1.54, 1.807) is 18.3 Å². The van der Waals surface area contributed by atoms with Crippen molar-refractivity contribution in [3.63, 3.8) is 0 Å². The molecule has 0 unspecified atom stereocenters. The molecule has 2 aromatic heterocycles. The molecule has 2 rings (SSSR count). The summed E-state index contributed by atoms with van der Waals surface area (Å²) in [5.41, 5.74) is 1.41. The Morgan fingerprint density at radius 3 is 2.50 bits per heavy atom. The van der Waals surface area contributed by atoms with Gasteiger partial charge in [-0.05, 0) is 35.0 Å². The van der Waals surface area contributed by atoms with Crippen LogP contribution in [0.2, 0.25) is 10.2 Å². The molecule has 0 spiro atoms. The van der Waals surface area contributed by atoms with E-state index in [2.05, 4.69) is 30.9 Å². The molecular weight excluding hydrogens is 313 g/mol. The lowest BCUT2D eigenvalue weighted by atomic mass is 10.3. The second kappa shape index (κ2) is 4.65. The van der Waals surface area contributed by atoms with Crippen molar-refractivity contribution in [3.05, 3.63) is 38.7 Å². The van der Waals surface area contributed by atoms with Crippen LogP contribution in [0.4, 0.5) is 0 Å². The first-order valence-electron chi connectivity index (χ1n) is 4.39. The zero-order chi connectivity index (χ0) is 11.7. The van der Waals surface area contributed by atoms with Gasteiger partial charge in [-0.15, -0.1) is 0 Å². The predicted octanol–water partition coefficient (Wildman–Crippen LogP) is 3.92. The maximum absolute atomic E-state index is 5.95. The Kier molecular flexibility index (Phi) is 3.42. The minimum atomic E-state index is 0.374. The highest BCUT2D eigenvalue weighted by Gasteiger charge is 2.09. The fraction of sp³-hybridized carbons (Fsp3) is 0.100. The topological polar surface area (TPSA) is 38.7 Å². The van der Waals surface area contributed by atoms with Gasteiger partial charge >= 0.3 is 0 Å². The van der Waals surface area contributed by atoms with Crippen molar-refractivity contribution in [2.45, 2.75) is 6.92 Å². The van der Waals surface area contributed by atoms with Crippen LogP contribution in [0, 0.1) is 6.92 Å². The van der Waals surface area contributed by atoms with Crippen LogP contribution in [0.5, 0.6) is 0 Å². The summed E-state index contributed by atoms with van der Waals surface area (Å²) in [6.07, 6.45) is 1.55. The number of halogens is 3. The van der Waals surface area contributed by atoms with Gasteiger partial charge in [0.25, 0.3) is 0 Å². The van der Waals surface area contributed by atoms with Crippen LogP contribution in [-0.4, -0.2) is 15.0 Å². The van der Waals surface area contributed by atoms with Gasteiger partial charge in [-0.2, -0.15) is 0 Å². The van der Waals surface area contributed by atoms with Gasteiger partial charge in [0.2, 0.25) is 0 Å². The molecule has 0 aliphatic rings. The average Bonchev–Trinajstić information content (AvgIpc) is 2.26. The van der Waals surface area contributed by atoms with E-state index in [9.17, 15) is 0 Å². The van der Waals surface area contributed by atoms with Gasteiger partial charge in [-0.1, -0.05) is 23.2 Å². The van der Waals surface area contributed by atoms with Crippen molar-refractivity contribution in [1.82, 2.24) is 15.0 Å². The Labute approximate surface area is 111 Å². The van der Waals surface area contributed by atoms with Gasteiger partial charge in [-0.25, -0.2) is 9.97 Å². The largest absolute Gasteiger partial charge is 0.251 e. The van der Waals surface area contributed by atoms with E-state index in [1.807, 2.05) is 6.92 Å². The summed E-state index contributed by atoms with van der Waals surface area (Å²) in [6, 6.07) is 3.49. The number of hydrogen-bond donors (Lipinski definition) is 0. The summed E-state index contributed by atoms with van der Waals surface area (Å²) in [5, 5.41) is 0.947. The fourth-order valence-corrected chi connectivity index (χ4v) is 1.65. The summed E-state index contributed by atoms with van der Waals surface area (Å²) in [7, 11) is 0. The number of aryl methyl sites for hydroxylation is 1. The summed E-state index contributed by atoms with van der Waals surface area (Å²) < 4.78 is 0.701. The molecule has 16 heavy (non-hydrogen) atoms. The van der Waals surface area contributed by atoms with Gasteiger partial charge in [0.15, 0.2) is 5.82 Å². The lowest BCUT2D eigenvalue weighted by Crippen LogP contribution is -1.95. The van der Waals surface area contributed by atoms with E-state index in [0.717, 1.165) is 5.69 Å². The SMILES string of the molecule is Cc1nc(-c2ccc(Cl)cn2)nc(Cl)c1Br. The van der Waals surface area contributed by atoms with Gasteiger partial charge < -0.3 is 0 Å². The zero-order valence-corrected chi connectivity index (χ0v) is 11.3. The first kappa shape index (κ1) is 11.8. The monoisotopic (exact) mass is 317 g/mol. The van der Waals surface area contributed by atoms with Crippen LogP contribution in [0.15, 0.2) is 22.8 Å². The van der Waals surface area contributed by atoms with Crippen molar-refractivity contribution in [1.29, 1.82) is 0 Å². The molecule has 0 saturated carbocycles. The molecule has 6 heteroatoms. The van der Waals surface area contributed by atoms with Crippen molar-refractivity contribution in [3.8, 4) is 11.5 Å². The van der Waals surface area contributed by atoms with Gasteiger partial charge in [0.1, 0.15) is 10.8 Å². The summed E-state index contributed by atoms with van der Waals surface area (Å²) >= 11 is 15.0. The second-order valence-electron chi connectivity index (χ2n) is 3.10. The van der Waals surface area contributed by atoms with Crippen molar-refractivity contribution < 1.29 is 0 Å². The highest BCUT2D eigenvalue weighted by Crippen LogP contribution is 2.25. The molecule has 0 fully saturated rings. The Balaban J connectivity index is 2.52. The molecule has 0 N–H and O–H groups in total. The number of nitrogens with zero attached hydrogens (tertiary/aromatic N) is 3. The lowest BCUT2D eigenvalue weighted by molar-refractivity contribution is 1.07. The van der Waals surface area contributed by atoms with E-state index in [1.165, 1.54) is 0 Å². The van der Waals surface area contributed by atoms with E-state index in [4.69, 9.17) is 23.2 Å². The van der Waals surface area contributed by atoms with Gasteiger partial charge in [-0.3, -0.25) is 4.98 Å². The Morgan fingerprint density at radius 2 is 1.94 bits per heavy atom. The maximum atomic E-state index is 5.95. The normalized spacial score (nSPS) is 10.5. The molecule has 0 saturated heterocycles. The van der Waals surface area contributed by atoms with Crippen LogP contribution in [0.25, 0.3) is 11.5 Å². The summed E-state index contributed by atoms with van der Waals surface area (Å²) in [5.74, 6) is 0.488. The molecule has 0 aliphatic heterocycles. The maximum Gasteiger partial charge on any atom is 0.179 e. The smallest absolute Gasteiger partial charge is 0.179 e. The highest BCUT2D eigenvalue weighted by atomic mass is 79.9. The van der Waals surface area contributed by atoms with Crippen LogP contribution in [-0.2, 0) is 0 Å². The van der Waals surface area contributed by atoms with Crippen LogP contribution < -0.4 is 0 Å². The molecule has 0 amide bonds. The highest BCUT2D eigenvalue weighted by molar-refractivity contribution is 9.10. The molecule has 0 radical (unpaired) electrons. The van der Waals surface area contributed by atoms with Gasteiger partial charge in [0, 0.05) is 6.20 Å². The molecule has 3 nitrogen and oxygen atoms in total. The molecule has 0 bridgehead atoms. The average molecular weight is 319 g/mol. The zero-order valence-electron chi connectivity index (χ0n) is 8.21. The molecule has 0 aliphatic carbocycles. The second-order valence-corrected chi connectivity index (χ2v) is 4.69. The summed E-state index contributed by atoms with van der Waals surface area (Å²) in [6.45, 7) is 1.84. The third-order valence-corrected chi connectivity index (χ3v) is 3.61. The number of aromatic nitrogens is 3. The van der Waals surface area contributed by atoms with E-state index < -0.39 is 0 Å². The molecule has 0 aromatic carbocycles. The molecule has 2 heterocycles. The Hall–Kier alpha value is -0.710. The number of rotatable bonds is 1. The molecule has 0 atom stereocenters. The molecule has 2 aromatic rings. The number of pyridine rings is 1. The van der Waals surface area contributed by atoms with Crippen LogP contribution in [0.1, 0.15) is 5.69 Å². The number of hydrogen-bond acceptors (Lipinski definition) is 3. The standard InChI is InChI=1S/C10H6BrCl2N3/c1-5-8(11)9(13)16-10(15-5)7-3-2-6(12)4-14-7/h2-4H,1H3. The van der Waals surface area contributed by atoms with Crippen molar-refractivity contribution >= 4 is 39.1 Å². The molecule has 82 valence electrons. The van der Waals surface area contributed by atoms with Crippen molar-refractivity contribution in [2.24, 2.45) is 0 Å². The van der Waals surface area contributed by atoms with Crippen LogP contribution >= 0.6 is 39.1 Å². The molecular formula is C10H6BrCl2N3. The Bertz CT molecular complexity index is 505. The lowest BCUT2D eigenvalue weighted by Gasteiger charge is -2.04. The van der Waals surface area contributed by atoms with E-state index in [0.29, 0.717) is 26.2 Å². The minimum Gasteiger partial charge on any atom is -0.251 e. The first-order valence-corrected chi connectivity index (χ1v) is 5.94. The summed E-state index contributed by atoms with van der Waals surface area (Å²) in [4.78, 5) is 12.6. The first-order chi connectivity index (χ1) is 7.58. The minimum absolute atomic E-state index is 0.374. The predicted molar refractivity (Wildman–Crippen MR) is 67.7 cm³/mol. The Morgan fingerprint density at radius 1 is 1.19 bits per heavy atom. The van der Waals surface area contributed by atoms with Crippen LogP contribution in [0.3, 0.4) is 0 Å². The fourth-order valence-electron chi connectivity index (χ4n) is 1.15. The third kappa shape index (κ3) is 2.34. The third-order valence-electron chi connectivity index (χ3n) is 1.93. The van der Waals surface area contributed by atoms with E-state index in [-0.39, 0.29) is 0 Å². The van der Waals surface area contributed by atoms with Gasteiger partial charge in [0.05, 0.1) is 15.2 Å².